The Kier molecular flexibility index (Phi) is 4.75. The molecule has 0 saturated heterocycles. The van der Waals surface area contributed by atoms with Crippen LogP contribution in [0.25, 0.3) is 16.9 Å². The second-order valence-corrected chi connectivity index (χ2v) is 7.35. The Morgan fingerprint density at radius 2 is 1.86 bits per heavy atom. The van der Waals surface area contributed by atoms with E-state index in [1.54, 1.807) is 6.20 Å². The third-order valence-corrected chi connectivity index (χ3v) is 5.22. The summed E-state index contributed by atoms with van der Waals surface area (Å²) in [5.41, 5.74) is 6.28. The van der Waals surface area contributed by atoms with Gasteiger partial charge in [0.05, 0.1) is 17.6 Å². The molecule has 0 saturated carbocycles. The number of para-hydroxylation sites is 1. The number of aromatic nitrogens is 4. The first-order valence-corrected chi connectivity index (χ1v) is 9.71. The van der Waals surface area contributed by atoms with Gasteiger partial charge in [0.2, 0.25) is 0 Å². The van der Waals surface area contributed by atoms with E-state index in [2.05, 4.69) is 56.9 Å². The van der Waals surface area contributed by atoms with Crippen LogP contribution in [0.5, 0.6) is 0 Å². The van der Waals surface area contributed by atoms with E-state index in [1.807, 2.05) is 30.5 Å². The summed E-state index contributed by atoms with van der Waals surface area (Å²) in [4.78, 5) is 25.1. The number of benzene rings is 1. The van der Waals surface area contributed by atoms with Gasteiger partial charge < -0.3 is 4.57 Å². The van der Waals surface area contributed by atoms with Crippen molar-refractivity contribution in [1.29, 1.82) is 0 Å². The van der Waals surface area contributed by atoms with Crippen molar-refractivity contribution in [3.05, 3.63) is 76.9 Å². The molecule has 0 fully saturated rings. The standard InChI is InChI=1S/C21H19N5OS/c1-13-10-23-18(11-22-13)20(27)25-21-24-19(12-28-21)17-9-14(2)26(15(17)3)16-7-5-4-6-8-16/h4-12H,1-3H3,(H,24,25,27). The molecule has 6 nitrogen and oxygen atoms in total. The molecule has 0 aliphatic carbocycles. The zero-order chi connectivity index (χ0) is 19.7. The van der Waals surface area contributed by atoms with Crippen molar-refractivity contribution in [3.63, 3.8) is 0 Å². The highest BCUT2D eigenvalue weighted by Crippen LogP contribution is 2.31. The third kappa shape index (κ3) is 3.44. The summed E-state index contributed by atoms with van der Waals surface area (Å²) < 4.78 is 2.20. The van der Waals surface area contributed by atoms with Gasteiger partial charge in [0.15, 0.2) is 5.13 Å². The van der Waals surface area contributed by atoms with Crippen molar-refractivity contribution in [2.24, 2.45) is 0 Å². The number of nitrogens with zero attached hydrogens (tertiary/aromatic N) is 4. The zero-order valence-corrected chi connectivity index (χ0v) is 16.6. The number of rotatable bonds is 4. The number of carbonyl (C=O) groups is 1. The quantitative estimate of drug-likeness (QED) is 0.555. The summed E-state index contributed by atoms with van der Waals surface area (Å²) in [5.74, 6) is -0.317. The first-order chi connectivity index (χ1) is 13.5. The molecule has 28 heavy (non-hydrogen) atoms. The minimum atomic E-state index is -0.317. The van der Waals surface area contributed by atoms with Crippen LogP contribution in [-0.2, 0) is 0 Å². The lowest BCUT2D eigenvalue weighted by atomic mass is 10.2. The highest BCUT2D eigenvalue weighted by molar-refractivity contribution is 7.14. The number of hydrogen-bond acceptors (Lipinski definition) is 5. The van der Waals surface area contributed by atoms with E-state index in [0.717, 1.165) is 34.0 Å². The summed E-state index contributed by atoms with van der Waals surface area (Å²) in [6.45, 7) is 5.98. The lowest BCUT2D eigenvalue weighted by molar-refractivity contribution is 0.102. The fraction of sp³-hybridized carbons (Fsp3) is 0.143. The van der Waals surface area contributed by atoms with Crippen LogP contribution in [0.3, 0.4) is 0 Å². The molecule has 3 aromatic heterocycles. The molecule has 0 radical (unpaired) electrons. The maximum absolute atomic E-state index is 12.3. The molecule has 1 amide bonds. The van der Waals surface area contributed by atoms with Gasteiger partial charge >= 0.3 is 0 Å². The Morgan fingerprint density at radius 1 is 1.07 bits per heavy atom. The van der Waals surface area contributed by atoms with Gasteiger partial charge in [-0.3, -0.25) is 15.1 Å². The van der Waals surface area contributed by atoms with Crippen molar-refractivity contribution in [1.82, 2.24) is 19.5 Å². The average molecular weight is 389 g/mol. The first kappa shape index (κ1) is 18.1. The Hall–Kier alpha value is -3.32. The van der Waals surface area contributed by atoms with Gasteiger partial charge in [-0.25, -0.2) is 9.97 Å². The van der Waals surface area contributed by atoms with Crippen LogP contribution in [0.1, 0.15) is 27.6 Å². The zero-order valence-electron chi connectivity index (χ0n) is 15.8. The van der Waals surface area contributed by atoms with E-state index in [1.165, 1.54) is 17.5 Å². The van der Waals surface area contributed by atoms with Gasteiger partial charge in [-0.05, 0) is 39.0 Å². The maximum atomic E-state index is 12.3. The molecule has 7 heteroatoms. The second kappa shape index (κ2) is 7.36. The molecule has 0 bridgehead atoms. The Balaban J connectivity index is 1.60. The summed E-state index contributed by atoms with van der Waals surface area (Å²) in [6.07, 6.45) is 3.04. The SMILES string of the molecule is Cc1cnc(C(=O)Nc2nc(-c3cc(C)n(-c4ccccc4)c3C)cs2)cn1. The molecular weight excluding hydrogens is 370 g/mol. The first-order valence-electron chi connectivity index (χ1n) is 8.83. The van der Waals surface area contributed by atoms with Crippen LogP contribution < -0.4 is 5.32 Å². The van der Waals surface area contributed by atoms with Crippen molar-refractivity contribution in [3.8, 4) is 16.9 Å². The number of amides is 1. The molecule has 1 N–H and O–H groups in total. The van der Waals surface area contributed by atoms with Crippen LogP contribution in [0, 0.1) is 20.8 Å². The number of thiazole rings is 1. The number of aryl methyl sites for hydroxylation is 2. The molecule has 4 rings (SSSR count). The van der Waals surface area contributed by atoms with E-state index in [-0.39, 0.29) is 11.6 Å². The molecule has 3 heterocycles. The topological polar surface area (TPSA) is 72.7 Å². The van der Waals surface area contributed by atoms with Crippen LogP contribution >= 0.6 is 11.3 Å². The molecular formula is C21H19N5OS. The fourth-order valence-electron chi connectivity index (χ4n) is 3.12. The van der Waals surface area contributed by atoms with Gasteiger partial charge in [-0.1, -0.05) is 18.2 Å². The van der Waals surface area contributed by atoms with Crippen LogP contribution in [-0.4, -0.2) is 25.4 Å². The molecule has 0 spiro atoms. The fourth-order valence-corrected chi connectivity index (χ4v) is 3.83. The van der Waals surface area contributed by atoms with Crippen molar-refractivity contribution >= 4 is 22.4 Å². The largest absolute Gasteiger partial charge is 0.318 e. The Labute approximate surface area is 166 Å². The summed E-state index contributed by atoms with van der Waals surface area (Å²) in [7, 11) is 0. The van der Waals surface area contributed by atoms with E-state index >= 15 is 0 Å². The van der Waals surface area contributed by atoms with Crippen molar-refractivity contribution < 1.29 is 4.79 Å². The van der Waals surface area contributed by atoms with E-state index in [0.29, 0.717) is 5.13 Å². The molecule has 0 unspecified atom stereocenters. The molecule has 0 aliphatic rings. The smallest absolute Gasteiger partial charge is 0.277 e. The third-order valence-electron chi connectivity index (χ3n) is 4.46. The molecule has 0 aliphatic heterocycles. The maximum Gasteiger partial charge on any atom is 0.277 e. The van der Waals surface area contributed by atoms with Gasteiger partial charge in [0, 0.05) is 34.2 Å². The highest BCUT2D eigenvalue weighted by Gasteiger charge is 2.16. The van der Waals surface area contributed by atoms with E-state index < -0.39 is 0 Å². The number of anilines is 1. The van der Waals surface area contributed by atoms with Crippen LogP contribution in [0.15, 0.2) is 54.2 Å². The van der Waals surface area contributed by atoms with Crippen LogP contribution in [0.2, 0.25) is 0 Å². The predicted molar refractivity (Wildman–Crippen MR) is 111 cm³/mol. The summed E-state index contributed by atoms with van der Waals surface area (Å²) in [5, 5.41) is 5.29. The lowest BCUT2D eigenvalue weighted by Crippen LogP contribution is -2.13. The lowest BCUT2D eigenvalue weighted by Gasteiger charge is -2.09. The van der Waals surface area contributed by atoms with Crippen molar-refractivity contribution in [2.75, 3.05) is 5.32 Å². The Bertz CT molecular complexity index is 1130. The number of carbonyl (C=O) groups excluding carboxylic acids is 1. The highest BCUT2D eigenvalue weighted by atomic mass is 32.1. The predicted octanol–water partition coefficient (Wildman–Crippen LogP) is 4.57. The molecule has 4 aromatic rings. The van der Waals surface area contributed by atoms with E-state index in [4.69, 9.17) is 0 Å². The average Bonchev–Trinajstić information content (AvgIpc) is 3.26. The molecule has 140 valence electrons. The van der Waals surface area contributed by atoms with Gasteiger partial charge in [-0.2, -0.15) is 0 Å². The monoisotopic (exact) mass is 389 g/mol. The van der Waals surface area contributed by atoms with Gasteiger partial charge in [0.1, 0.15) is 5.69 Å². The Morgan fingerprint density at radius 3 is 2.57 bits per heavy atom. The number of nitrogens with one attached hydrogen (secondary N) is 1. The second-order valence-electron chi connectivity index (χ2n) is 6.49. The summed E-state index contributed by atoms with van der Waals surface area (Å²) in [6, 6.07) is 12.3. The molecule has 0 atom stereocenters. The van der Waals surface area contributed by atoms with Crippen molar-refractivity contribution in [2.45, 2.75) is 20.8 Å². The normalized spacial score (nSPS) is 10.8. The molecule has 1 aromatic carbocycles. The van der Waals surface area contributed by atoms with Gasteiger partial charge in [0.25, 0.3) is 5.91 Å². The minimum Gasteiger partial charge on any atom is -0.318 e. The minimum absolute atomic E-state index is 0.268. The summed E-state index contributed by atoms with van der Waals surface area (Å²) >= 11 is 1.39. The van der Waals surface area contributed by atoms with E-state index in [9.17, 15) is 4.79 Å². The van der Waals surface area contributed by atoms with Gasteiger partial charge in [-0.15, -0.1) is 11.3 Å². The number of hydrogen-bond donors (Lipinski definition) is 1. The van der Waals surface area contributed by atoms with Crippen LogP contribution in [0.4, 0.5) is 5.13 Å².